The number of hydrogen-bond acceptors (Lipinski definition) is 2. The van der Waals surface area contributed by atoms with Gasteiger partial charge in [0.25, 0.3) is 5.91 Å². The molecule has 0 saturated heterocycles. The molecule has 0 saturated carbocycles. The van der Waals surface area contributed by atoms with Gasteiger partial charge in [0.1, 0.15) is 5.82 Å². The summed E-state index contributed by atoms with van der Waals surface area (Å²) in [5.41, 5.74) is 7.34. The minimum Gasteiger partial charge on any atom is -0.338 e. The van der Waals surface area contributed by atoms with Crippen LogP contribution in [-0.2, 0) is 6.42 Å². The maximum absolute atomic E-state index is 13.0. The number of carbonyl (C=O) groups is 1. The van der Waals surface area contributed by atoms with Crippen LogP contribution in [0.1, 0.15) is 22.3 Å². The summed E-state index contributed by atoms with van der Waals surface area (Å²) in [4.78, 5) is 14.3. The van der Waals surface area contributed by atoms with Crippen LogP contribution < -0.4 is 5.73 Å². The lowest BCUT2D eigenvalue weighted by molar-refractivity contribution is 0.0725. The van der Waals surface area contributed by atoms with Crippen molar-refractivity contribution in [3.63, 3.8) is 0 Å². The van der Waals surface area contributed by atoms with Gasteiger partial charge >= 0.3 is 0 Å². The number of amides is 1. The predicted molar refractivity (Wildman–Crippen MR) is 86.1 cm³/mol. The zero-order chi connectivity index (χ0) is 15.9. The Bertz CT molecular complexity index is 598. The molecule has 1 amide bonds. The van der Waals surface area contributed by atoms with Gasteiger partial charge in [0, 0.05) is 18.7 Å². The van der Waals surface area contributed by atoms with E-state index >= 15 is 0 Å². The Labute approximate surface area is 130 Å². The highest BCUT2D eigenvalue weighted by Crippen LogP contribution is 2.14. The van der Waals surface area contributed by atoms with E-state index in [9.17, 15) is 9.18 Å². The first kappa shape index (κ1) is 16.2. The fourth-order valence-corrected chi connectivity index (χ4v) is 2.47. The monoisotopic (exact) mass is 300 g/mol. The number of likely N-dealkylation sites (N-methyl/N-ethyl adjacent to an activating group) is 1. The first-order valence-electron chi connectivity index (χ1n) is 7.38. The molecule has 2 N–H and O–H groups in total. The molecular weight excluding hydrogens is 279 g/mol. The smallest absolute Gasteiger partial charge is 0.253 e. The molecule has 0 unspecified atom stereocenters. The van der Waals surface area contributed by atoms with Crippen molar-refractivity contribution >= 4 is 5.91 Å². The maximum atomic E-state index is 13.0. The Morgan fingerprint density at radius 3 is 2.36 bits per heavy atom. The first-order valence-corrected chi connectivity index (χ1v) is 7.38. The molecule has 22 heavy (non-hydrogen) atoms. The van der Waals surface area contributed by atoms with E-state index in [1.807, 2.05) is 18.2 Å². The van der Waals surface area contributed by atoms with Gasteiger partial charge in [-0.05, 0) is 49.2 Å². The Morgan fingerprint density at radius 2 is 1.77 bits per heavy atom. The highest BCUT2D eigenvalue weighted by molar-refractivity contribution is 5.94. The third-order valence-corrected chi connectivity index (χ3v) is 3.77. The van der Waals surface area contributed by atoms with Crippen molar-refractivity contribution in [2.45, 2.75) is 18.9 Å². The minimum absolute atomic E-state index is 0.0110. The number of carbonyl (C=O) groups excluding carboxylic acids is 1. The number of rotatable bonds is 6. The number of nitrogens with two attached hydrogens (primary N) is 1. The first-order chi connectivity index (χ1) is 10.6. The summed E-state index contributed by atoms with van der Waals surface area (Å²) in [5, 5.41) is 0. The molecule has 2 aromatic rings. The molecule has 0 heterocycles. The number of halogens is 1. The molecule has 0 bridgehead atoms. The fourth-order valence-electron chi connectivity index (χ4n) is 2.47. The Balaban J connectivity index is 2.12. The van der Waals surface area contributed by atoms with E-state index in [0.29, 0.717) is 24.9 Å². The second-order valence-corrected chi connectivity index (χ2v) is 5.34. The molecule has 0 aliphatic carbocycles. The van der Waals surface area contributed by atoms with E-state index in [1.165, 1.54) is 12.1 Å². The molecule has 0 fully saturated rings. The van der Waals surface area contributed by atoms with Crippen LogP contribution in [0, 0.1) is 5.82 Å². The fraction of sp³-hybridized carbons (Fsp3) is 0.278. The van der Waals surface area contributed by atoms with Crippen LogP contribution in [0.2, 0.25) is 0 Å². The summed E-state index contributed by atoms with van der Waals surface area (Å²) in [6.45, 7) is 0.498. The third kappa shape index (κ3) is 4.15. The summed E-state index contributed by atoms with van der Waals surface area (Å²) in [6, 6.07) is 15.5. The van der Waals surface area contributed by atoms with Crippen molar-refractivity contribution in [2.75, 3.05) is 13.6 Å². The maximum Gasteiger partial charge on any atom is 0.253 e. The van der Waals surface area contributed by atoms with E-state index in [4.69, 9.17) is 5.73 Å². The van der Waals surface area contributed by atoms with Gasteiger partial charge in [0.15, 0.2) is 0 Å². The van der Waals surface area contributed by atoms with Crippen molar-refractivity contribution in [1.82, 2.24) is 4.90 Å². The summed E-state index contributed by atoms with van der Waals surface area (Å²) in [5.74, 6) is -0.283. The van der Waals surface area contributed by atoms with Crippen molar-refractivity contribution in [2.24, 2.45) is 5.73 Å². The minimum atomic E-state index is -0.257. The van der Waals surface area contributed by atoms with Crippen molar-refractivity contribution in [3.05, 3.63) is 71.5 Å². The molecule has 2 aromatic carbocycles. The molecule has 4 heteroatoms. The zero-order valence-electron chi connectivity index (χ0n) is 12.7. The Morgan fingerprint density at radius 1 is 1.14 bits per heavy atom. The van der Waals surface area contributed by atoms with Gasteiger partial charge in [-0.1, -0.05) is 30.3 Å². The van der Waals surface area contributed by atoms with E-state index in [2.05, 4.69) is 0 Å². The average molecular weight is 300 g/mol. The van der Waals surface area contributed by atoms with Crippen LogP contribution in [0.25, 0.3) is 0 Å². The van der Waals surface area contributed by atoms with Crippen LogP contribution in [0.15, 0.2) is 54.6 Å². The summed E-state index contributed by atoms with van der Waals surface area (Å²) in [6.07, 6.45) is 1.36. The van der Waals surface area contributed by atoms with Gasteiger partial charge in [0.2, 0.25) is 0 Å². The largest absolute Gasteiger partial charge is 0.338 e. The van der Waals surface area contributed by atoms with Crippen molar-refractivity contribution < 1.29 is 9.18 Å². The van der Waals surface area contributed by atoms with E-state index in [0.717, 1.165) is 5.56 Å². The number of hydrogen-bond donors (Lipinski definition) is 1. The van der Waals surface area contributed by atoms with Crippen molar-refractivity contribution in [1.29, 1.82) is 0 Å². The Hall–Kier alpha value is -2.20. The van der Waals surface area contributed by atoms with Crippen LogP contribution in [0.4, 0.5) is 4.39 Å². The van der Waals surface area contributed by atoms with Gasteiger partial charge in [-0.3, -0.25) is 4.79 Å². The topological polar surface area (TPSA) is 46.3 Å². The quantitative estimate of drug-likeness (QED) is 0.891. The van der Waals surface area contributed by atoms with Gasteiger partial charge in [0.05, 0.1) is 0 Å². The molecule has 1 atom stereocenters. The molecule has 3 nitrogen and oxygen atoms in total. The van der Waals surface area contributed by atoms with Crippen molar-refractivity contribution in [3.8, 4) is 0 Å². The van der Waals surface area contributed by atoms with Crippen LogP contribution >= 0.6 is 0 Å². The predicted octanol–water partition coefficient (Wildman–Crippen LogP) is 2.86. The summed E-state index contributed by atoms with van der Waals surface area (Å²) in [7, 11) is 1.79. The van der Waals surface area contributed by atoms with Gasteiger partial charge < -0.3 is 10.6 Å². The average Bonchev–Trinajstić information content (AvgIpc) is 2.56. The normalized spacial score (nSPS) is 12.0. The molecule has 0 aromatic heterocycles. The van der Waals surface area contributed by atoms with Crippen LogP contribution in [0.5, 0.6) is 0 Å². The molecule has 116 valence electrons. The van der Waals surface area contributed by atoms with E-state index in [1.54, 1.807) is 36.2 Å². The lowest BCUT2D eigenvalue weighted by Crippen LogP contribution is -2.39. The zero-order valence-corrected chi connectivity index (χ0v) is 12.7. The molecule has 0 radical (unpaired) electrons. The highest BCUT2D eigenvalue weighted by atomic mass is 19.1. The Kier molecular flexibility index (Phi) is 5.67. The van der Waals surface area contributed by atoms with Gasteiger partial charge in [-0.25, -0.2) is 4.39 Å². The molecular formula is C18H21FN2O. The number of benzene rings is 2. The third-order valence-electron chi connectivity index (χ3n) is 3.77. The van der Waals surface area contributed by atoms with E-state index in [-0.39, 0.29) is 17.8 Å². The second-order valence-electron chi connectivity index (χ2n) is 5.34. The van der Waals surface area contributed by atoms with Crippen LogP contribution in [0.3, 0.4) is 0 Å². The lowest BCUT2D eigenvalue weighted by atomic mass is 10.0. The molecule has 2 rings (SSSR count). The summed E-state index contributed by atoms with van der Waals surface area (Å²) < 4.78 is 13.0. The van der Waals surface area contributed by atoms with E-state index < -0.39 is 0 Å². The standard InChI is InChI=1S/C18H21FN2O/c1-21(18(22)15-5-3-2-4-6-15)17(11-12-20)13-14-7-9-16(19)10-8-14/h2-10,17H,11-13,20H2,1H3/t17-/m1/s1. The molecule has 0 aliphatic heterocycles. The second kappa shape index (κ2) is 7.71. The molecule has 0 aliphatic rings. The summed E-state index contributed by atoms with van der Waals surface area (Å²) >= 11 is 0. The molecule has 0 spiro atoms. The van der Waals surface area contributed by atoms with Gasteiger partial charge in [-0.2, -0.15) is 0 Å². The SMILES string of the molecule is CN(C(=O)c1ccccc1)[C@H](CCN)Cc1ccc(F)cc1. The van der Waals surface area contributed by atoms with Crippen LogP contribution in [-0.4, -0.2) is 30.4 Å². The van der Waals surface area contributed by atoms with Gasteiger partial charge in [-0.15, -0.1) is 0 Å². The highest BCUT2D eigenvalue weighted by Gasteiger charge is 2.20. The lowest BCUT2D eigenvalue weighted by Gasteiger charge is -2.28. The number of nitrogens with zero attached hydrogens (tertiary/aromatic N) is 1.